The summed E-state index contributed by atoms with van der Waals surface area (Å²) in [6.07, 6.45) is 17.5. The van der Waals surface area contributed by atoms with E-state index in [1.54, 1.807) is 0 Å². The van der Waals surface area contributed by atoms with Crippen LogP contribution >= 0.6 is 0 Å². The van der Waals surface area contributed by atoms with Crippen molar-refractivity contribution in [2.75, 3.05) is 6.61 Å². The van der Waals surface area contributed by atoms with Gasteiger partial charge in [0.1, 0.15) is 18.5 Å². The molecule has 178 valence electrons. The van der Waals surface area contributed by atoms with Crippen molar-refractivity contribution >= 4 is 0 Å². The molecule has 0 radical (unpaired) electrons. The predicted molar refractivity (Wildman–Crippen MR) is 133 cm³/mol. The van der Waals surface area contributed by atoms with Crippen molar-refractivity contribution < 1.29 is 9.13 Å². The first-order valence-corrected chi connectivity index (χ1v) is 12.8. The fourth-order valence-corrected chi connectivity index (χ4v) is 3.86. The molecule has 0 amide bonds. The minimum atomic E-state index is -0.932. The van der Waals surface area contributed by atoms with E-state index < -0.39 is 6.17 Å². The Labute approximate surface area is 195 Å². The second-order valence-electron chi connectivity index (χ2n) is 9.11. The maximum absolute atomic E-state index is 14.3. The lowest BCUT2D eigenvalue weighted by molar-refractivity contribution is 0.141. The number of aryl methyl sites for hydroxylation is 1. The monoisotopic (exact) mass is 442 g/mol. The summed E-state index contributed by atoms with van der Waals surface area (Å²) in [6.45, 7) is 6.50. The zero-order chi connectivity index (χ0) is 23.0. The summed E-state index contributed by atoms with van der Waals surface area (Å²) in [5, 5.41) is 0. The van der Waals surface area contributed by atoms with Gasteiger partial charge in [-0.2, -0.15) is 0 Å². The third-order valence-electron chi connectivity index (χ3n) is 6.18. The number of alkyl halides is 1. The Hall–Kier alpha value is -1.97. The van der Waals surface area contributed by atoms with E-state index in [0.29, 0.717) is 11.6 Å². The molecule has 1 aromatic heterocycles. The van der Waals surface area contributed by atoms with Crippen LogP contribution in [0.1, 0.15) is 97.0 Å². The molecule has 2 atom stereocenters. The first kappa shape index (κ1) is 26.3. The number of nitrogens with zero attached hydrogens (tertiary/aromatic N) is 2. The van der Waals surface area contributed by atoms with Crippen LogP contribution in [0.25, 0.3) is 11.4 Å². The fraction of sp³-hybridized carbons (Fsp3) is 0.643. The second-order valence-corrected chi connectivity index (χ2v) is 9.11. The van der Waals surface area contributed by atoms with E-state index in [1.165, 1.54) is 56.9 Å². The molecule has 2 aromatic rings. The highest BCUT2D eigenvalue weighted by Crippen LogP contribution is 2.22. The molecule has 4 heteroatoms. The molecule has 0 aliphatic heterocycles. The first-order valence-electron chi connectivity index (χ1n) is 12.8. The van der Waals surface area contributed by atoms with E-state index >= 15 is 0 Å². The van der Waals surface area contributed by atoms with Crippen molar-refractivity contribution in [2.45, 2.75) is 104 Å². The van der Waals surface area contributed by atoms with Crippen LogP contribution in [-0.2, 0) is 6.42 Å². The predicted octanol–water partition coefficient (Wildman–Crippen LogP) is 8.37. The SMILES string of the molecule is CCCCCCCCCc1cnc(-c2ccc(OCC(F)C(C)CCCCC)cc2)nc1. The number of hydrogen-bond acceptors (Lipinski definition) is 3. The van der Waals surface area contributed by atoms with Gasteiger partial charge in [-0.1, -0.05) is 78.6 Å². The van der Waals surface area contributed by atoms with Gasteiger partial charge in [0.25, 0.3) is 0 Å². The van der Waals surface area contributed by atoms with Gasteiger partial charge in [0.15, 0.2) is 5.82 Å². The Bertz CT molecular complexity index is 717. The molecule has 2 unspecified atom stereocenters. The molecular weight excluding hydrogens is 399 g/mol. The lowest BCUT2D eigenvalue weighted by atomic mass is 9.99. The summed E-state index contributed by atoms with van der Waals surface area (Å²) < 4.78 is 20.0. The average Bonchev–Trinajstić information content (AvgIpc) is 2.83. The highest BCUT2D eigenvalue weighted by Gasteiger charge is 2.16. The van der Waals surface area contributed by atoms with Crippen LogP contribution in [0.3, 0.4) is 0 Å². The Balaban J connectivity index is 1.73. The van der Waals surface area contributed by atoms with Crippen molar-refractivity contribution in [3.8, 4) is 17.1 Å². The van der Waals surface area contributed by atoms with Crippen LogP contribution < -0.4 is 4.74 Å². The van der Waals surface area contributed by atoms with Crippen LogP contribution in [0.2, 0.25) is 0 Å². The maximum atomic E-state index is 14.3. The lowest BCUT2D eigenvalue weighted by Gasteiger charge is -2.17. The van der Waals surface area contributed by atoms with Crippen molar-refractivity contribution in [3.05, 3.63) is 42.2 Å². The summed E-state index contributed by atoms with van der Waals surface area (Å²) in [5.41, 5.74) is 2.15. The molecule has 3 nitrogen and oxygen atoms in total. The molecule has 2 rings (SSSR count). The van der Waals surface area contributed by atoms with Gasteiger partial charge in [0.2, 0.25) is 0 Å². The highest BCUT2D eigenvalue weighted by atomic mass is 19.1. The van der Waals surface area contributed by atoms with Gasteiger partial charge in [-0.15, -0.1) is 0 Å². The van der Waals surface area contributed by atoms with Crippen molar-refractivity contribution in [3.63, 3.8) is 0 Å². The molecule has 0 saturated heterocycles. The fourth-order valence-electron chi connectivity index (χ4n) is 3.86. The quantitative estimate of drug-likeness (QED) is 0.231. The Morgan fingerprint density at radius 1 is 0.812 bits per heavy atom. The van der Waals surface area contributed by atoms with Crippen molar-refractivity contribution in [1.82, 2.24) is 9.97 Å². The largest absolute Gasteiger partial charge is 0.491 e. The maximum Gasteiger partial charge on any atom is 0.159 e. The molecule has 0 fully saturated rings. The molecule has 0 aliphatic rings. The van der Waals surface area contributed by atoms with Crippen molar-refractivity contribution in [1.29, 1.82) is 0 Å². The highest BCUT2D eigenvalue weighted by molar-refractivity contribution is 5.55. The zero-order valence-electron chi connectivity index (χ0n) is 20.5. The van der Waals surface area contributed by atoms with Crippen molar-refractivity contribution in [2.24, 2.45) is 5.92 Å². The summed E-state index contributed by atoms with van der Waals surface area (Å²) >= 11 is 0. The van der Waals surface area contributed by atoms with E-state index in [1.807, 2.05) is 43.6 Å². The van der Waals surface area contributed by atoms with Gasteiger partial charge in [-0.05, 0) is 55.0 Å². The Kier molecular flexibility index (Phi) is 13.0. The summed E-state index contributed by atoms with van der Waals surface area (Å²) in [4.78, 5) is 9.08. The third-order valence-corrected chi connectivity index (χ3v) is 6.18. The number of halogens is 1. The minimum absolute atomic E-state index is 0.0359. The van der Waals surface area contributed by atoms with E-state index in [9.17, 15) is 4.39 Å². The van der Waals surface area contributed by atoms with Gasteiger partial charge >= 0.3 is 0 Å². The standard InChI is InChI=1S/C28H43FN2O/c1-4-6-8-9-10-11-13-15-24-20-30-28(31-21-24)25-16-18-26(19-17-25)32-22-27(29)23(3)14-12-7-5-2/h16-21,23,27H,4-15,22H2,1-3H3. The number of unbranched alkanes of at least 4 members (excludes halogenated alkanes) is 8. The smallest absolute Gasteiger partial charge is 0.159 e. The third kappa shape index (κ3) is 10.1. The van der Waals surface area contributed by atoms with Crippen LogP contribution in [0.5, 0.6) is 5.75 Å². The molecule has 0 N–H and O–H groups in total. The number of ether oxygens (including phenoxy) is 1. The Morgan fingerprint density at radius 3 is 2.06 bits per heavy atom. The summed E-state index contributed by atoms with van der Waals surface area (Å²) in [7, 11) is 0. The molecule has 0 spiro atoms. The van der Waals surface area contributed by atoms with Gasteiger partial charge in [0.05, 0.1) is 0 Å². The molecule has 1 heterocycles. The van der Waals surface area contributed by atoms with Gasteiger partial charge in [0, 0.05) is 18.0 Å². The number of hydrogen-bond donors (Lipinski definition) is 0. The number of rotatable bonds is 17. The Morgan fingerprint density at radius 2 is 1.41 bits per heavy atom. The average molecular weight is 443 g/mol. The van der Waals surface area contributed by atoms with Crippen LogP contribution in [-0.4, -0.2) is 22.7 Å². The van der Waals surface area contributed by atoms with E-state index in [0.717, 1.165) is 31.2 Å². The number of aromatic nitrogens is 2. The minimum Gasteiger partial charge on any atom is -0.491 e. The normalized spacial score (nSPS) is 13.1. The summed E-state index contributed by atoms with van der Waals surface area (Å²) in [6, 6.07) is 7.64. The molecule has 0 bridgehead atoms. The van der Waals surface area contributed by atoms with Crippen LogP contribution in [0.4, 0.5) is 4.39 Å². The molecular formula is C28H43FN2O. The lowest BCUT2D eigenvalue weighted by Crippen LogP contribution is -2.21. The van der Waals surface area contributed by atoms with Gasteiger partial charge in [-0.3, -0.25) is 0 Å². The second kappa shape index (κ2) is 15.8. The topological polar surface area (TPSA) is 35.0 Å². The summed E-state index contributed by atoms with van der Waals surface area (Å²) in [5.74, 6) is 1.44. The van der Waals surface area contributed by atoms with Gasteiger partial charge in [-0.25, -0.2) is 14.4 Å². The molecule has 32 heavy (non-hydrogen) atoms. The first-order chi connectivity index (χ1) is 15.6. The number of benzene rings is 1. The zero-order valence-corrected chi connectivity index (χ0v) is 20.5. The van der Waals surface area contributed by atoms with Crippen LogP contribution in [0.15, 0.2) is 36.7 Å². The van der Waals surface area contributed by atoms with E-state index in [4.69, 9.17) is 4.74 Å². The molecule has 1 aromatic carbocycles. The molecule has 0 aliphatic carbocycles. The van der Waals surface area contributed by atoms with Gasteiger partial charge < -0.3 is 4.74 Å². The van der Waals surface area contributed by atoms with Crippen LogP contribution in [0, 0.1) is 5.92 Å². The van der Waals surface area contributed by atoms with E-state index in [2.05, 4.69) is 23.8 Å². The van der Waals surface area contributed by atoms with E-state index in [-0.39, 0.29) is 12.5 Å². The molecule has 0 saturated carbocycles.